The molecule has 1 aliphatic heterocycles. The van der Waals surface area contributed by atoms with Crippen LogP contribution in [0.4, 0.5) is 4.39 Å². The number of likely N-dealkylation sites (tertiary alicyclic amines) is 1. The van der Waals surface area contributed by atoms with Gasteiger partial charge < -0.3 is 10.2 Å². The number of aryl methyl sites for hydroxylation is 1. The Morgan fingerprint density at radius 2 is 1.85 bits per heavy atom. The molecule has 41 heavy (non-hydrogen) atoms. The molecule has 216 valence electrons. The Morgan fingerprint density at radius 3 is 2.51 bits per heavy atom. The largest absolute Gasteiger partial charge is 0.352 e. The predicted octanol–water partition coefficient (Wildman–Crippen LogP) is 3.98. The number of rotatable bonds is 9. The summed E-state index contributed by atoms with van der Waals surface area (Å²) in [5, 5.41) is 9.54. The third kappa shape index (κ3) is 8.27. The number of aromatic nitrogens is 2. The number of H-pyrrole nitrogens is 1. The summed E-state index contributed by atoms with van der Waals surface area (Å²) < 4.78 is 40.5. The highest BCUT2D eigenvalue weighted by Crippen LogP contribution is 2.26. The first-order valence-electron chi connectivity index (χ1n) is 13.8. The predicted molar refractivity (Wildman–Crippen MR) is 154 cm³/mol. The molecule has 0 bridgehead atoms. The van der Waals surface area contributed by atoms with Gasteiger partial charge in [-0.1, -0.05) is 25.7 Å². The van der Waals surface area contributed by atoms with E-state index in [-0.39, 0.29) is 39.9 Å². The van der Waals surface area contributed by atoms with E-state index in [0.717, 1.165) is 18.4 Å². The molecule has 2 heterocycles. The van der Waals surface area contributed by atoms with E-state index in [9.17, 15) is 22.4 Å². The van der Waals surface area contributed by atoms with Gasteiger partial charge in [-0.25, -0.2) is 12.8 Å². The van der Waals surface area contributed by atoms with Crippen LogP contribution >= 0.6 is 0 Å². The summed E-state index contributed by atoms with van der Waals surface area (Å²) >= 11 is 0. The Kier molecular flexibility index (Phi) is 9.95. The lowest BCUT2D eigenvalue weighted by Gasteiger charge is -2.33. The van der Waals surface area contributed by atoms with E-state index in [0.29, 0.717) is 43.6 Å². The number of carbonyl (C=O) groups is 2. The lowest BCUT2D eigenvalue weighted by Crippen LogP contribution is -2.41. The minimum absolute atomic E-state index is 0.0595. The maximum Gasteiger partial charge on any atom is 0.251 e. The number of hydrogen-bond donors (Lipinski definition) is 2. The van der Waals surface area contributed by atoms with Crippen LogP contribution in [0.1, 0.15) is 60.2 Å². The Balaban J connectivity index is 1.51. The molecule has 0 aliphatic carbocycles. The van der Waals surface area contributed by atoms with E-state index in [4.69, 9.17) is 0 Å². The molecule has 0 saturated carbocycles. The van der Waals surface area contributed by atoms with Crippen LogP contribution in [0.2, 0.25) is 0 Å². The number of piperidine rings is 1. The molecule has 0 spiro atoms. The number of sulfone groups is 1. The quantitative estimate of drug-likeness (QED) is 0.295. The van der Waals surface area contributed by atoms with Gasteiger partial charge in [0, 0.05) is 48.4 Å². The molecule has 4 rings (SSSR count). The number of benzene rings is 2. The van der Waals surface area contributed by atoms with Crippen molar-refractivity contribution < 1.29 is 22.4 Å². The number of amides is 2. The smallest absolute Gasteiger partial charge is 0.251 e. The Labute approximate surface area is 240 Å². The second-order valence-corrected chi connectivity index (χ2v) is 12.6. The van der Waals surface area contributed by atoms with Crippen molar-refractivity contribution in [2.45, 2.75) is 44.4 Å². The average Bonchev–Trinajstić information content (AvgIpc) is 3.48. The maximum atomic E-state index is 13.6. The monoisotopic (exact) mass is 578 g/mol. The Hall–Kier alpha value is -3.97. The average molecular weight is 579 g/mol. The van der Waals surface area contributed by atoms with Crippen molar-refractivity contribution in [2.75, 3.05) is 25.4 Å². The molecule has 3 aromatic rings. The van der Waals surface area contributed by atoms with E-state index in [2.05, 4.69) is 27.4 Å². The fourth-order valence-corrected chi connectivity index (χ4v) is 6.66. The van der Waals surface area contributed by atoms with E-state index >= 15 is 0 Å². The minimum atomic E-state index is -3.75. The molecule has 1 aliphatic rings. The lowest BCUT2D eigenvalue weighted by atomic mass is 9.98. The summed E-state index contributed by atoms with van der Waals surface area (Å²) in [6.07, 6.45) is 6.23. The zero-order valence-corrected chi connectivity index (χ0v) is 24.1. The fourth-order valence-electron chi connectivity index (χ4n) is 4.81. The summed E-state index contributed by atoms with van der Waals surface area (Å²) in [6.45, 7) is 5.23. The van der Waals surface area contributed by atoms with Crippen molar-refractivity contribution in [3.63, 3.8) is 0 Å². The molecule has 0 atom stereocenters. The number of nitrogens with one attached hydrogen (secondary N) is 2. The van der Waals surface area contributed by atoms with Gasteiger partial charge in [0.25, 0.3) is 5.91 Å². The molecule has 1 saturated heterocycles. The number of aromatic amines is 1. The van der Waals surface area contributed by atoms with Crippen LogP contribution < -0.4 is 5.32 Å². The highest BCUT2D eigenvalue weighted by molar-refractivity contribution is 7.91. The highest BCUT2D eigenvalue weighted by atomic mass is 32.2. The molecular formula is C31H35FN4O4S. The molecule has 0 unspecified atom stereocenters. The molecule has 1 fully saturated rings. The first-order valence-corrected chi connectivity index (χ1v) is 15.5. The van der Waals surface area contributed by atoms with Gasteiger partial charge in [0.1, 0.15) is 5.82 Å². The topological polar surface area (TPSA) is 112 Å². The number of halogens is 1. The van der Waals surface area contributed by atoms with Gasteiger partial charge in [-0.15, -0.1) is 0 Å². The zero-order valence-electron chi connectivity index (χ0n) is 23.3. The van der Waals surface area contributed by atoms with Crippen molar-refractivity contribution in [3.8, 4) is 11.8 Å². The summed E-state index contributed by atoms with van der Waals surface area (Å²) in [7, 11) is -3.75. The van der Waals surface area contributed by atoms with Gasteiger partial charge in [0.2, 0.25) is 5.91 Å². The van der Waals surface area contributed by atoms with Gasteiger partial charge in [-0.05, 0) is 79.6 Å². The van der Waals surface area contributed by atoms with Crippen LogP contribution in [0, 0.1) is 29.5 Å². The molecule has 2 aromatic carbocycles. The number of nitrogens with zero attached hydrogens (tertiary/aromatic N) is 2. The van der Waals surface area contributed by atoms with Gasteiger partial charge in [-0.3, -0.25) is 14.7 Å². The first-order chi connectivity index (χ1) is 19.6. The number of hydrogen-bond acceptors (Lipinski definition) is 5. The van der Waals surface area contributed by atoms with Crippen molar-refractivity contribution in [1.82, 2.24) is 20.4 Å². The van der Waals surface area contributed by atoms with Crippen LogP contribution in [0.25, 0.3) is 0 Å². The minimum Gasteiger partial charge on any atom is -0.352 e. The standard InChI is InChI=1S/C31H35FN4O4S/c1-22(2)31(38)36-16-13-24(14-17-36)21-41(39,40)29-12-9-27(30(37)33-15-3-4-25-19-34-35-20-25)18-26(29)8-5-23-6-10-28(32)11-7-23/h6-7,9-12,18-20,22,24H,3-4,13-17,21H2,1-2H3,(H,33,37)(H,34,35). The fraction of sp³-hybridized carbons (Fsp3) is 0.387. The van der Waals surface area contributed by atoms with Gasteiger partial charge in [0.15, 0.2) is 9.84 Å². The van der Waals surface area contributed by atoms with Gasteiger partial charge in [-0.2, -0.15) is 5.10 Å². The van der Waals surface area contributed by atoms with E-state index < -0.39 is 15.7 Å². The molecule has 8 nitrogen and oxygen atoms in total. The third-order valence-corrected chi connectivity index (χ3v) is 9.06. The van der Waals surface area contributed by atoms with Crippen molar-refractivity contribution in [1.29, 1.82) is 0 Å². The number of carbonyl (C=O) groups excluding carboxylic acids is 2. The van der Waals surface area contributed by atoms with E-state index in [1.165, 1.54) is 42.5 Å². The highest BCUT2D eigenvalue weighted by Gasteiger charge is 2.29. The van der Waals surface area contributed by atoms with Crippen LogP contribution in [-0.2, 0) is 21.1 Å². The van der Waals surface area contributed by atoms with Crippen LogP contribution in [0.5, 0.6) is 0 Å². The van der Waals surface area contributed by atoms with Crippen LogP contribution in [-0.4, -0.2) is 60.7 Å². The summed E-state index contributed by atoms with van der Waals surface area (Å²) in [6, 6.07) is 10.0. The molecule has 2 N–H and O–H groups in total. The van der Waals surface area contributed by atoms with Crippen molar-refractivity contribution >= 4 is 21.7 Å². The Bertz CT molecular complexity index is 1520. The van der Waals surface area contributed by atoms with Crippen LogP contribution in [0.3, 0.4) is 0 Å². The molecule has 1 aromatic heterocycles. The molecule has 0 radical (unpaired) electrons. The SMILES string of the molecule is CC(C)C(=O)N1CCC(CS(=O)(=O)c2ccc(C(=O)NCCCc3cn[nH]c3)cc2C#Cc2ccc(F)cc2)CC1. The molecule has 10 heteroatoms. The van der Waals surface area contributed by atoms with E-state index in [1.807, 2.05) is 20.0 Å². The summed E-state index contributed by atoms with van der Waals surface area (Å²) in [5.74, 6) is 4.92. The normalized spacial score (nSPS) is 14.0. The molecule has 2 amide bonds. The summed E-state index contributed by atoms with van der Waals surface area (Å²) in [5.41, 5.74) is 2.08. The second kappa shape index (κ2) is 13.6. The molecular weight excluding hydrogens is 543 g/mol. The lowest BCUT2D eigenvalue weighted by molar-refractivity contribution is -0.135. The summed E-state index contributed by atoms with van der Waals surface area (Å²) in [4.78, 5) is 27.1. The Morgan fingerprint density at radius 1 is 1.12 bits per heavy atom. The van der Waals surface area contributed by atoms with Gasteiger partial charge in [0.05, 0.1) is 16.8 Å². The zero-order chi connectivity index (χ0) is 29.4. The van der Waals surface area contributed by atoms with Crippen molar-refractivity contribution in [3.05, 3.63) is 82.9 Å². The van der Waals surface area contributed by atoms with Crippen molar-refractivity contribution in [2.24, 2.45) is 11.8 Å². The van der Waals surface area contributed by atoms with Gasteiger partial charge >= 0.3 is 0 Å². The first kappa shape index (κ1) is 30.0. The maximum absolute atomic E-state index is 13.6. The third-order valence-electron chi connectivity index (χ3n) is 7.12. The van der Waals surface area contributed by atoms with Crippen LogP contribution in [0.15, 0.2) is 59.8 Å². The second-order valence-electron chi connectivity index (χ2n) is 10.6. The van der Waals surface area contributed by atoms with E-state index in [1.54, 1.807) is 11.1 Å².